The minimum atomic E-state index is -0.660. The minimum Gasteiger partial charge on any atom is -0.443 e. The molecule has 3 rings (SSSR count). The highest BCUT2D eigenvalue weighted by molar-refractivity contribution is 6.21. The summed E-state index contributed by atoms with van der Waals surface area (Å²) < 4.78 is 10.2. The summed E-state index contributed by atoms with van der Waals surface area (Å²) in [6.07, 6.45) is 3.16. The van der Waals surface area contributed by atoms with Crippen molar-refractivity contribution in [3.05, 3.63) is 52.6 Å². The van der Waals surface area contributed by atoms with Gasteiger partial charge in [0.1, 0.15) is 17.7 Å². The number of cyclic esters (lactones) is 2. The number of pyridine rings is 1. The van der Waals surface area contributed by atoms with Gasteiger partial charge in [0.15, 0.2) is 0 Å². The molecule has 1 aliphatic rings. The van der Waals surface area contributed by atoms with E-state index in [4.69, 9.17) is 9.15 Å². The maximum absolute atomic E-state index is 12.0. The average Bonchev–Trinajstić information content (AvgIpc) is 3.12. The Labute approximate surface area is 138 Å². The molecule has 0 amide bonds. The summed E-state index contributed by atoms with van der Waals surface area (Å²) in [5, 5.41) is 0. The first-order valence-corrected chi connectivity index (χ1v) is 7.42. The number of aromatic nitrogens is 2. The third-order valence-corrected chi connectivity index (χ3v) is 3.74. The van der Waals surface area contributed by atoms with Crippen LogP contribution in [-0.2, 0) is 14.3 Å². The van der Waals surface area contributed by atoms with Gasteiger partial charge in [-0.1, -0.05) is 11.6 Å². The van der Waals surface area contributed by atoms with E-state index in [0.717, 1.165) is 5.56 Å². The fourth-order valence-corrected chi connectivity index (χ4v) is 2.47. The van der Waals surface area contributed by atoms with Crippen LogP contribution in [0.4, 0.5) is 0 Å². The Morgan fingerprint density at radius 3 is 2.38 bits per heavy atom. The van der Waals surface area contributed by atoms with Crippen molar-refractivity contribution >= 4 is 17.5 Å². The molecule has 0 spiro atoms. The Hall–Kier alpha value is -3.02. The zero-order valence-corrected chi connectivity index (χ0v) is 13.8. The van der Waals surface area contributed by atoms with Crippen molar-refractivity contribution in [1.29, 1.82) is 0 Å². The van der Waals surface area contributed by atoms with E-state index in [0.29, 0.717) is 28.4 Å². The summed E-state index contributed by atoms with van der Waals surface area (Å²) in [7, 11) is 0. The molecule has 2 aromatic rings. The van der Waals surface area contributed by atoms with Gasteiger partial charge >= 0.3 is 11.9 Å². The van der Waals surface area contributed by atoms with Crippen LogP contribution in [0.1, 0.15) is 32.0 Å². The molecule has 0 unspecified atom stereocenters. The van der Waals surface area contributed by atoms with Gasteiger partial charge in [-0.25, -0.2) is 14.6 Å². The lowest BCUT2D eigenvalue weighted by Crippen LogP contribution is -1.99. The molecule has 1 fully saturated rings. The quantitative estimate of drug-likeness (QED) is 0.479. The van der Waals surface area contributed by atoms with Crippen LogP contribution in [0.5, 0.6) is 0 Å². The lowest BCUT2D eigenvalue weighted by molar-refractivity contribution is -0.149. The molecular formula is C18H16N2O4. The predicted octanol–water partition coefficient (Wildman–Crippen LogP) is 3.24. The average molecular weight is 324 g/mol. The Morgan fingerprint density at radius 1 is 1.04 bits per heavy atom. The first-order valence-electron chi connectivity index (χ1n) is 7.42. The third-order valence-electron chi connectivity index (χ3n) is 3.74. The van der Waals surface area contributed by atoms with Gasteiger partial charge in [-0.2, -0.15) is 0 Å². The van der Waals surface area contributed by atoms with Crippen molar-refractivity contribution in [2.45, 2.75) is 27.7 Å². The minimum absolute atomic E-state index is 0.233. The molecule has 0 radical (unpaired) electrons. The first kappa shape index (κ1) is 15.9. The van der Waals surface area contributed by atoms with E-state index in [-0.39, 0.29) is 11.1 Å². The second-order valence-corrected chi connectivity index (χ2v) is 5.81. The molecule has 1 aliphatic heterocycles. The third kappa shape index (κ3) is 2.67. The summed E-state index contributed by atoms with van der Waals surface area (Å²) >= 11 is 0. The van der Waals surface area contributed by atoms with Crippen LogP contribution in [0.3, 0.4) is 0 Å². The van der Waals surface area contributed by atoms with Crippen LogP contribution in [0, 0.1) is 6.92 Å². The maximum atomic E-state index is 12.0. The van der Waals surface area contributed by atoms with Gasteiger partial charge in [0.2, 0.25) is 5.89 Å². The van der Waals surface area contributed by atoms with Crippen LogP contribution in [0.15, 0.2) is 45.7 Å². The maximum Gasteiger partial charge on any atom is 0.347 e. The van der Waals surface area contributed by atoms with Crippen molar-refractivity contribution in [2.24, 2.45) is 0 Å². The van der Waals surface area contributed by atoms with Gasteiger partial charge in [0.05, 0.1) is 11.1 Å². The van der Waals surface area contributed by atoms with Crippen molar-refractivity contribution in [2.75, 3.05) is 0 Å². The number of hydrogen-bond acceptors (Lipinski definition) is 6. The molecule has 24 heavy (non-hydrogen) atoms. The number of carbonyl (C=O) groups excluding carboxylic acids is 2. The van der Waals surface area contributed by atoms with Crippen LogP contribution < -0.4 is 0 Å². The van der Waals surface area contributed by atoms with Crippen LogP contribution >= 0.6 is 0 Å². The highest BCUT2D eigenvalue weighted by Crippen LogP contribution is 2.32. The summed E-state index contributed by atoms with van der Waals surface area (Å²) in [4.78, 5) is 32.5. The van der Waals surface area contributed by atoms with Crippen LogP contribution in [0.2, 0.25) is 0 Å². The number of carbonyl (C=O) groups is 2. The number of rotatable bonds is 2. The Balaban J connectivity index is 2.06. The molecule has 1 saturated heterocycles. The highest BCUT2D eigenvalue weighted by Gasteiger charge is 2.36. The van der Waals surface area contributed by atoms with E-state index in [9.17, 15) is 9.59 Å². The molecule has 0 N–H and O–H groups in total. The smallest absolute Gasteiger partial charge is 0.347 e. The van der Waals surface area contributed by atoms with E-state index in [1.807, 2.05) is 19.1 Å². The molecule has 0 saturated carbocycles. The molecule has 0 aromatic carbocycles. The monoisotopic (exact) mass is 324 g/mol. The van der Waals surface area contributed by atoms with E-state index in [1.54, 1.807) is 27.0 Å². The molecule has 0 atom stereocenters. The molecule has 122 valence electrons. The Kier molecular flexibility index (Phi) is 3.89. The zero-order valence-electron chi connectivity index (χ0n) is 13.8. The number of allylic oxidation sites excluding steroid dienone is 2. The molecule has 6 heteroatoms. The molecule has 2 aromatic heterocycles. The zero-order chi connectivity index (χ0) is 17.4. The fourth-order valence-electron chi connectivity index (χ4n) is 2.47. The normalized spacial score (nSPS) is 16.4. The summed E-state index contributed by atoms with van der Waals surface area (Å²) in [5.41, 5.74) is 3.86. The van der Waals surface area contributed by atoms with Gasteiger partial charge in [-0.05, 0) is 44.9 Å². The van der Waals surface area contributed by atoms with Gasteiger partial charge in [0.25, 0.3) is 0 Å². The summed E-state index contributed by atoms with van der Waals surface area (Å²) in [6.45, 7) is 7.16. The molecular weight excluding hydrogens is 308 g/mol. The largest absolute Gasteiger partial charge is 0.443 e. The van der Waals surface area contributed by atoms with Crippen molar-refractivity contribution < 1.29 is 18.7 Å². The lowest BCUT2D eigenvalue weighted by atomic mass is 9.98. The SMILES string of the molecule is CC(C)=C1C(=O)OC(=O)C1=C(C)c1coc(-c2ccc(C)cn2)n1. The predicted molar refractivity (Wildman–Crippen MR) is 86.5 cm³/mol. The number of hydrogen-bond donors (Lipinski definition) is 0. The number of esters is 2. The standard InChI is InChI=1S/C18H16N2O4/c1-9(2)14-15(18(22)24-17(14)21)11(4)13-8-23-16(20-13)12-6-5-10(3)7-19-12/h5-8H,1-4H3. The summed E-state index contributed by atoms with van der Waals surface area (Å²) in [5.74, 6) is -0.939. The number of aryl methyl sites for hydroxylation is 1. The Bertz CT molecular complexity index is 897. The van der Waals surface area contributed by atoms with Gasteiger partial charge in [0, 0.05) is 6.20 Å². The molecule has 0 aliphatic carbocycles. The topological polar surface area (TPSA) is 82.3 Å². The second kappa shape index (κ2) is 5.88. The van der Waals surface area contributed by atoms with E-state index in [1.165, 1.54) is 6.26 Å². The number of oxazole rings is 1. The van der Waals surface area contributed by atoms with Gasteiger partial charge in [-0.3, -0.25) is 4.98 Å². The van der Waals surface area contributed by atoms with Gasteiger partial charge in [-0.15, -0.1) is 0 Å². The second-order valence-electron chi connectivity index (χ2n) is 5.81. The van der Waals surface area contributed by atoms with Crippen LogP contribution in [0.25, 0.3) is 17.2 Å². The first-order chi connectivity index (χ1) is 11.4. The molecule has 3 heterocycles. The van der Waals surface area contributed by atoms with E-state index >= 15 is 0 Å². The lowest BCUT2D eigenvalue weighted by Gasteiger charge is -2.01. The van der Waals surface area contributed by atoms with Crippen molar-refractivity contribution in [1.82, 2.24) is 9.97 Å². The Morgan fingerprint density at radius 2 is 1.75 bits per heavy atom. The van der Waals surface area contributed by atoms with E-state index in [2.05, 4.69) is 9.97 Å². The fraction of sp³-hybridized carbons (Fsp3) is 0.222. The molecule has 0 bridgehead atoms. The van der Waals surface area contributed by atoms with Crippen molar-refractivity contribution in [3.8, 4) is 11.6 Å². The highest BCUT2D eigenvalue weighted by atomic mass is 16.6. The van der Waals surface area contributed by atoms with Crippen molar-refractivity contribution in [3.63, 3.8) is 0 Å². The number of nitrogens with zero attached hydrogens (tertiary/aromatic N) is 2. The number of ether oxygens (including phenoxy) is 1. The van der Waals surface area contributed by atoms with E-state index < -0.39 is 11.9 Å². The summed E-state index contributed by atoms with van der Waals surface area (Å²) in [6, 6.07) is 3.72. The van der Waals surface area contributed by atoms with Gasteiger partial charge < -0.3 is 9.15 Å². The molecule has 6 nitrogen and oxygen atoms in total. The van der Waals surface area contributed by atoms with Crippen LogP contribution in [-0.4, -0.2) is 21.9 Å².